The summed E-state index contributed by atoms with van der Waals surface area (Å²) < 4.78 is 20.0. The number of benzene rings is 3. The summed E-state index contributed by atoms with van der Waals surface area (Å²) in [6, 6.07) is 23.7. The number of hydrogen-bond donors (Lipinski definition) is 1. The fraction of sp³-hybridized carbons (Fsp3) is 0.240. The van der Waals surface area contributed by atoms with Crippen molar-refractivity contribution in [2.24, 2.45) is 0 Å². The molecule has 154 valence electrons. The Bertz CT molecular complexity index is 980. The molecule has 0 radical (unpaired) electrons. The number of hydrogen-bond acceptors (Lipinski definition) is 3. The maximum atomic E-state index is 13.8. The quantitative estimate of drug-likeness (QED) is 0.650. The highest BCUT2D eigenvalue weighted by atomic mass is 19.1. The van der Waals surface area contributed by atoms with Gasteiger partial charge in [0.25, 0.3) is 0 Å². The van der Waals surface area contributed by atoms with Crippen LogP contribution >= 0.6 is 0 Å². The number of nitrogens with one attached hydrogen (secondary N) is 1. The largest absolute Gasteiger partial charge is 0.483 e. The Labute approximate surface area is 176 Å². The van der Waals surface area contributed by atoms with E-state index in [0.717, 1.165) is 11.1 Å². The van der Waals surface area contributed by atoms with Crippen molar-refractivity contribution in [1.29, 1.82) is 0 Å². The molecule has 1 amide bonds. The molecule has 0 fully saturated rings. The van der Waals surface area contributed by atoms with Gasteiger partial charge < -0.3 is 10.1 Å². The summed E-state index contributed by atoms with van der Waals surface area (Å²) >= 11 is 0. The van der Waals surface area contributed by atoms with Gasteiger partial charge >= 0.3 is 0 Å². The standard InChI is InChI=1S/C25H25FN2O2/c1-25(2)23(24(29)27-21-15-20(26)13-14-22(21)30-25)28(16-18-9-5-3-6-10-18)17-19-11-7-4-8-12-19/h3-15,23H,16-17H2,1-2H3,(H,27,29)/t23-/m0/s1. The van der Waals surface area contributed by atoms with Crippen LogP contribution in [0, 0.1) is 5.82 Å². The Morgan fingerprint density at radius 2 is 1.50 bits per heavy atom. The van der Waals surface area contributed by atoms with Gasteiger partial charge in [-0.3, -0.25) is 9.69 Å². The lowest BCUT2D eigenvalue weighted by molar-refractivity contribution is -0.128. The maximum absolute atomic E-state index is 13.8. The van der Waals surface area contributed by atoms with Gasteiger partial charge in [0.15, 0.2) is 0 Å². The number of nitrogens with zero attached hydrogens (tertiary/aromatic N) is 1. The van der Waals surface area contributed by atoms with Crippen molar-refractivity contribution in [3.8, 4) is 5.75 Å². The van der Waals surface area contributed by atoms with Gasteiger partial charge in [0.2, 0.25) is 5.91 Å². The molecule has 0 saturated carbocycles. The second-order valence-electron chi connectivity index (χ2n) is 8.11. The van der Waals surface area contributed by atoms with Crippen LogP contribution in [0.2, 0.25) is 0 Å². The number of ether oxygens (including phenoxy) is 1. The fourth-order valence-corrected chi connectivity index (χ4v) is 4.02. The normalized spacial score (nSPS) is 17.6. The minimum Gasteiger partial charge on any atom is -0.483 e. The molecule has 1 aliphatic rings. The third-order valence-electron chi connectivity index (χ3n) is 5.30. The van der Waals surface area contributed by atoms with Crippen LogP contribution in [-0.2, 0) is 17.9 Å². The molecule has 1 aliphatic heterocycles. The van der Waals surface area contributed by atoms with Crippen LogP contribution in [0.4, 0.5) is 10.1 Å². The smallest absolute Gasteiger partial charge is 0.245 e. The highest BCUT2D eigenvalue weighted by Gasteiger charge is 2.44. The topological polar surface area (TPSA) is 41.6 Å². The molecular weight excluding hydrogens is 379 g/mol. The SMILES string of the molecule is CC1(C)Oc2ccc(F)cc2NC(=O)[C@@H]1N(Cc1ccccc1)Cc1ccccc1. The number of halogens is 1. The third kappa shape index (κ3) is 4.36. The van der Waals surface area contributed by atoms with E-state index in [0.29, 0.717) is 24.5 Å². The Kier molecular flexibility index (Phi) is 5.55. The number of amides is 1. The average Bonchev–Trinajstić information content (AvgIpc) is 2.81. The lowest BCUT2D eigenvalue weighted by atomic mass is 9.94. The van der Waals surface area contributed by atoms with Crippen molar-refractivity contribution in [3.05, 3.63) is 95.8 Å². The Balaban J connectivity index is 1.71. The van der Waals surface area contributed by atoms with E-state index >= 15 is 0 Å². The Hall–Kier alpha value is -3.18. The molecule has 0 bridgehead atoms. The molecule has 1 atom stereocenters. The summed E-state index contributed by atoms with van der Waals surface area (Å²) in [5, 5.41) is 2.88. The van der Waals surface area contributed by atoms with Crippen molar-refractivity contribution in [3.63, 3.8) is 0 Å². The van der Waals surface area contributed by atoms with E-state index < -0.39 is 17.5 Å². The van der Waals surface area contributed by atoms with E-state index in [2.05, 4.69) is 10.2 Å². The van der Waals surface area contributed by atoms with Crippen LogP contribution in [0.5, 0.6) is 5.75 Å². The van der Waals surface area contributed by atoms with Crippen LogP contribution < -0.4 is 10.1 Å². The number of fused-ring (bicyclic) bond motifs is 1. The summed E-state index contributed by atoms with van der Waals surface area (Å²) in [4.78, 5) is 15.5. The van der Waals surface area contributed by atoms with Crippen LogP contribution in [-0.4, -0.2) is 22.4 Å². The molecule has 1 N–H and O–H groups in total. The van der Waals surface area contributed by atoms with Crippen LogP contribution in [0.25, 0.3) is 0 Å². The lowest BCUT2D eigenvalue weighted by Gasteiger charge is -2.39. The summed E-state index contributed by atoms with van der Waals surface area (Å²) in [6.45, 7) is 4.95. The zero-order chi connectivity index (χ0) is 21.1. The molecule has 4 rings (SSSR count). The third-order valence-corrected chi connectivity index (χ3v) is 5.30. The molecule has 3 aromatic rings. The summed E-state index contributed by atoms with van der Waals surface area (Å²) in [7, 11) is 0. The fourth-order valence-electron chi connectivity index (χ4n) is 4.02. The molecule has 0 aliphatic carbocycles. The van der Waals surface area contributed by atoms with Crippen molar-refractivity contribution in [2.45, 2.75) is 38.6 Å². The van der Waals surface area contributed by atoms with Gasteiger partial charge in [-0.2, -0.15) is 0 Å². The first-order chi connectivity index (χ1) is 14.4. The zero-order valence-electron chi connectivity index (χ0n) is 17.1. The van der Waals surface area contributed by atoms with E-state index in [9.17, 15) is 9.18 Å². The van der Waals surface area contributed by atoms with Gasteiger partial charge in [0.1, 0.15) is 23.2 Å². The van der Waals surface area contributed by atoms with Gasteiger partial charge in [0.05, 0.1) is 5.69 Å². The predicted molar refractivity (Wildman–Crippen MR) is 116 cm³/mol. The summed E-state index contributed by atoms with van der Waals surface area (Å²) in [6.07, 6.45) is 0. The number of rotatable bonds is 5. The molecule has 1 heterocycles. The van der Waals surface area contributed by atoms with E-state index in [1.54, 1.807) is 6.07 Å². The van der Waals surface area contributed by atoms with Gasteiger partial charge in [-0.05, 0) is 37.1 Å². The van der Waals surface area contributed by atoms with E-state index in [1.807, 2.05) is 74.5 Å². The maximum Gasteiger partial charge on any atom is 0.245 e. The monoisotopic (exact) mass is 404 g/mol. The Morgan fingerprint density at radius 1 is 0.933 bits per heavy atom. The summed E-state index contributed by atoms with van der Waals surface area (Å²) in [5.41, 5.74) is 1.72. The second kappa shape index (κ2) is 8.28. The minimum atomic E-state index is -0.837. The second-order valence-corrected chi connectivity index (χ2v) is 8.11. The first kappa shape index (κ1) is 20.1. The number of carbonyl (C=O) groups is 1. The minimum absolute atomic E-state index is 0.212. The van der Waals surface area contributed by atoms with Crippen molar-refractivity contribution < 1.29 is 13.9 Å². The summed E-state index contributed by atoms with van der Waals surface area (Å²) in [5.74, 6) is -0.160. The van der Waals surface area contributed by atoms with E-state index in [4.69, 9.17) is 4.74 Å². The molecule has 30 heavy (non-hydrogen) atoms. The highest BCUT2D eigenvalue weighted by molar-refractivity contribution is 5.97. The van der Waals surface area contributed by atoms with Gasteiger partial charge in [0, 0.05) is 19.2 Å². The molecule has 3 aromatic carbocycles. The van der Waals surface area contributed by atoms with Gasteiger partial charge in [-0.25, -0.2) is 4.39 Å². The van der Waals surface area contributed by atoms with E-state index in [1.165, 1.54) is 12.1 Å². The molecule has 0 spiro atoms. The van der Waals surface area contributed by atoms with E-state index in [-0.39, 0.29) is 5.91 Å². The van der Waals surface area contributed by atoms with Crippen molar-refractivity contribution in [1.82, 2.24) is 4.90 Å². The number of anilines is 1. The van der Waals surface area contributed by atoms with Crippen LogP contribution in [0.3, 0.4) is 0 Å². The van der Waals surface area contributed by atoms with Crippen molar-refractivity contribution >= 4 is 11.6 Å². The van der Waals surface area contributed by atoms with Crippen LogP contribution in [0.15, 0.2) is 78.9 Å². The molecular formula is C25H25FN2O2. The van der Waals surface area contributed by atoms with Gasteiger partial charge in [-0.15, -0.1) is 0 Å². The molecule has 4 nitrogen and oxygen atoms in total. The molecule has 5 heteroatoms. The Morgan fingerprint density at radius 3 is 2.07 bits per heavy atom. The average molecular weight is 404 g/mol. The zero-order valence-corrected chi connectivity index (χ0v) is 17.1. The number of carbonyl (C=O) groups excluding carboxylic acids is 1. The molecule has 0 unspecified atom stereocenters. The van der Waals surface area contributed by atoms with Crippen LogP contribution in [0.1, 0.15) is 25.0 Å². The predicted octanol–water partition coefficient (Wildman–Crippen LogP) is 5.01. The molecule has 0 saturated heterocycles. The first-order valence-electron chi connectivity index (χ1n) is 10.0. The highest BCUT2D eigenvalue weighted by Crippen LogP contribution is 2.36. The lowest BCUT2D eigenvalue weighted by Crippen LogP contribution is -2.57. The van der Waals surface area contributed by atoms with Gasteiger partial charge in [-0.1, -0.05) is 60.7 Å². The van der Waals surface area contributed by atoms with Crippen molar-refractivity contribution in [2.75, 3.05) is 5.32 Å². The first-order valence-corrected chi connectivity index (χ1v) is 10.0. The molecule has 0 aromatic heterocycles.